The van der Waals surface area contributed by atoms with Crippen LogP contribution in [-0.4, -0.2) is 17.3 Å². The van der Waals surface area contributed by atoms with E-state index in [9.17, 15) is 4.39 Å². The van der Waals surface area contributed by atoms with Gasteiger partial charge in [-0.25, -0.2) is 4.39 Å². The molecule has 0 saturated carbocycles. The monoisotopic (exact) mass is 313 g/mol. The molecular formula is C17H16FN3O2. The molecule has 1 aromatic heterocycles. The van der Waals surface area contributed by atoms with Gasteiger partial charge in [-0.1, -0.05) is 23.4 Å². The number of hydrogen-bond donors (Lipinski definition) is 1. The van der Waals surface area contributed by atoms with E-state index in [1.165, 1.54) is 6.07 Å². The number of aryl methyl sites for hydroxylation is 1. The first-order chi connectivity index (χ1) is 11.2. The zero-order chi connectivity index (χ0) is 16.2. The summed E-state index contributed by atoms with van der Waals surface area (Å²) in [7, 11) is 1.59. The van der Waals surface area contributed by atoms with Gasteiger partial charge in [-0.05, 0) is 36.8 Å². The third-order valence-corrected chi connectivity index (χ3v) is 3.43. The molecule has 6 heteroatoms. The van der Waals surface area contributed by atoms with Gasteiger partial charge in [0.05, 0.1) is 19.2 Å². The molecule has 3 aromatic rings. The number of para-hydroxylation sites is 1. The number of ether oxygens (including phenoxy) is 1. The van der Waals surface area contributed by atoms with Crippen molar-refractivity contribution in [3.05, 3.63) is 59.7 Å². The molecule has 0 unspecified atom stereocenters. The summed E-state index contributed by atoms with van der Waals surface area (Å²) in [5.41, 5.74) is 2.02. The minimum atomic E-state index is -0.254. The van der Waals surface area contributed by atoms with Crippen molar-refractivity contribution in [3.63, 3.8) is 0 Å². The summed E-state index contributed by atoms with van der Waals surface area (Å²) < 4.78 is 24.0. The second-order valence-electron chi connectivity index (χ2n) is 5.03. The predicted octanol–water partition coefficient (Wildman–Crippen LogP) is 3.80. The SMILES string of the molecule is COc1ccccc1-c1noc(CNc2ccc(C)c(F)c2)n1. The van der Waals surface area contributed by atoms with Crippen molar-refractivity contribution < 1.29 is 13.7 Å². The van der Waals surface area contributed by atoms with Gasteiger partial charge < -0.3 is 14.6 Å². The Morgan fingerprint density at radius 1 is 1.22 bits per heavy atom. The maximum absolute atomic E-state index is 13.5. The van der Waals surface area contributed by atoms with Crippen LogP contribution in [0.4, 0.5) is 10.1 Å². The molecule has 2 aromatic carbocycles. The molecule has 23 heavy (non-hydrogen) atoms. The lowest BCUT2D eigenvalue weighted by Gasteiger charge is -2.04. The highest BCUT2D eigenvalue weighted by atomic mass is 19.1. The lowest BCUT2D eigenvalue weighted by Crippen LogP contribution is -2.00. The van der Waals surface area contributed by atoms with Crippen LogP contribution in [0.25, 0.3) is 11.4 Å². The van der Waals surface area contributed by atoms with E-state index in [2.05, 4.69) is 15.5 Å². The summed E-state index contributed by atoms with van der Waals surface area (Å²) in [6.07, 6.45) is 0. The number of nitrogens with one attached hydrogen (secondary N) is 1. The molecule has 1 N–H and O–H groups in total. The highest BCUT2D eigenvalue weighted by Gasteiger charge is 2.12. The third kappa shape index (κ3) is 3.31. The highest BCUT2D eigenvalue weighted by Crippen LogP contribution is 2.27. The quantitative estimate of drug-likeness (QED) is 0.776. The Balaban J connectivity index is 1.73. The zero-order valence-electron chi connectivity index (χ0n) is 12.8. The fraction of sp³-hybridized carbons (Fsp3) is 0.176. The van der Waals surface area contributed by atoms with Gasteiger partial charge in [0, 0.05) is 5.69 Å². The molecule has 0 aliphatic rings. The Morgan fingerprint density at radius 3 is 2.83 bits per heavy atom. The van der Waals surface area contributed by atoms with Crippen LogP contribution in [0.15, 0.2) is 47.0 Å². The van der Waals surface area contributed by atoms with Gasteiger partial charge in [0.15, 0.2) is 0 Å². The van der Waals surface area contributed by atoms with Crippen LogP contribution in [0.2, 0.25) is 0 Å². The average molecular weight is 313 g/mol. The average Bonchev–Trinajstić information content (AvgIpc) is 3.04. The van der Waals surface area contributed by atoms with Crippen LogP contribution in [0, 0.1) is 12.7 Å². The van der Waals surface area contributed by atoms with Crippen LogP contribution >= 0.6 is 0 Å². The Morgan fingerprint density at radius 2 is 2.04 bits per heavy atom. The van der Waals surface area contributed by atoms with E-state index in [0.717, 1.165) is 5.56 Å². The van der Waals surface area contributed by atoms with Crippen molar-refractivity contribution in [3.8, 4) is 17.1 Å². The van der Waals surface area contributed by atoms with Gasteiger partial charge in [-0.2, -0.15) is 4.98 Å². The summed E-state index contributed by atoms with van der Waals surface area (Å²) in [6, 6.07) is 12.4. The molecule has 0 aliphatic heterocycles. The molecule has 0 spiro atoms. The summed E-state index contributed by atoms with van der Waals surface area (Å²) in [4.78, 5) is 4.33. The minimum absolute atomic E-state index is 0.254. The molecule has 0 aliphatic carbocycles. The normalized spacial score (nSPS) is 10.6. The summed E-state index contributed by atoms with van der Waals surface area (Å²) in [5, 5.41) is 7.01. The molecule has 0 saturated heterocycles. The predicted molar refractivity (Wildman–Crippen MR) is 84.7 cm³/mol. The van der Waals surface area contributed by atoms with Crippen molar-refractivity contribution in [1.29, 1.82) is 0 Å². The molecular weight excluding hydrogens is 297 g/mol. The molecule has 0 fully saturated rings. The van der Waals surface area contributed by atoms with Gasteiger partial charge in [0.2, 0.25) is 11.7 Å². The van der Waals surface area contributed by atoms with Gasteiger partial charge in [0.25, 0.3) is 0 Å². The second kappa shape index (κ2) is 6.48. The van der Waals surface area contributed by atoms with E-state index in [1.54, 1.807) is 26.2 Å². The maximum atomic E-state index is 13.5. The van der Waals surface area contributed by atoms with Crippen LogP contribution in [0.3, 0.4) is 0 Å². The Hall–Kier alpha value is -2.89. The molecule has 0 amide bonds. The molecule has 5 nitrogen and oxygen atoms in total. The largest absolute Gasteiger partial charge is 0.496 e. The smallest absolute Gasteiger partial charge is 0.246 e. The highest BCUT2D eigenvalue weighted by molar-refractivity contribution is 5.63. The van der Waals surface area contributed by atoms with Gasteiger partial charge in [0.1, 0.15) is 11.6 Å². The molecule has 0 atom stereocenters. The summed E-state index contributed by atoms with van der Waals surface area (Å²) in [6.45, 7) is 2.03. The molecule has 0 radical (unpaired) electrons. The van der Waals surface area contributed by atoms with E-state index < -0.39 is 0 Å². The van der Waals surface area contributed by atoms with Gasteiger partial charge in [-0.15, -0.1) is 0 Å². The first kappa shape index (κ1) is 15.0. The summed E-state index contributed by atoms with van der Waals surface area (Å²) >= 11 is 0. The number of aromatic nitrogens is 2. The lowest BCUT2D eigenvalue weighted by molar-refractivity contribution is 0.383. The first-order valence-electron chi connectivity index (χ1n) is 7.13. The summed E-state index contributed by atoms with van der Waals surface area (Å²) in [5.74, 6) is 1.28. The van der Waals surface area contributed by atoms with Gasteiger partial charge >= 0.3 is 0 Å². The van der Waals surface area contributed by atoms with Crippen molar-refractivity contribution in [2.24, 2.45) is 0 Å². The Labute approximate surface area is 133 Å². The van der Waals surface area contributed by atoms with E-state index in [4.69, 9.17) is 9.26 Å². The topological polar surface area (TPSA) is 60.2 Å². The standard InChI is InChI=1S/C17H16FN3O2/c1-11-7-8-12(9-14(11)18)19-10-16-20-17(21-23-16)13-5-3-4-6-15(13)22-2/h3-9,19H,10H2,1-2H3. The molecule has 118 valence electrons. The van der Waals surface area contributed by atoms with Crippen molar-refractivity contribution in [1.82, 2.24) is 10.1 Å². The van der Waals surface area contributed by atoms with Crippen LogP contribution in [0.1, 0.15) is 11.5 Å². The number of nitrogens with zero attached hydrogens (tertiary/aromatic N) is 2. The molecule has 1 heterocycles. The van der Waals surface area contributed by atoms with E-state index in [0.29, 0.717) is 35.3 Å². The number of halogens is 1. The molecule has 0 bridgehead atoms. The van der Waals surface area contributed by atoms with Crippen LogP contribution in [-0.2, 0) is 6.54 Å². The van der Waals surface area contributed by atoms with E-state index in [1.807, 2.05) is 24.3 Å². The number of rotatable bonds is 5. The second-order valence-corrected chi connectivity index (χ2v) is 5.03. The third-order valence-electron chi connectivity index (χ3n) is 3.43. The Bertz CT molecular complexity index is 817. The van der Waals surface area contributed by atoms with Crippen LogP contribution in [0.5, 0.6) is 5.75 Å². The number of hydrogen-bond acceptors (Lipinski definition) is 5. The van der Waals surface area contributed by atoms with Crippen molar-refractivity contribution in [2.75, 3.05) is 12.4 Å². The number of benzene rings is 2. The fourth-order valence-electron chi connectivity index (χ4n) is 2.15. The molecule has 3 rings (SSSR count). The number of anilines is 1. The van der Waals surface area contributed by atoms with Crippen molar-refractivity contribution >= 4 is 5.69 Å². The minimum Gasteiger partial charge on any atom is -0.496 e. The first-order valence-corrected chi connectivity index (χ1v) is 7.13. The van der Waals surface area contributed by atoms with Crippen LogP contribution < -0.4 is 10.1 Å². The fourth-order valence-corrected chi connectivity index (χ4v) is 2.15. The van der Waals surface area contributed by atoms with Gasteiger partial charge in [-0.3, -0.25) is 0 Å². The van der Waals surface area contributed by atoms with Crippen molar-refractivity contribution in [2.45, 2.75) is 13.5 Å². The maximum Gasteiger partial charge on any atom is 0.246 e. The Kier molecular flexibility index (Phi) is 4.23. The van der Waals surface area contributed by atoms with E-state index >= 15 is 0 Å². The van der Waals surface area contributed by atoms with E-state index in [-0.39, 0.29) is 5.82 Å². The lowest BCUT2D eigenvalue weighted by atomic mass is 10.2. The zero-order valence-corrected chi connectivity index (χ0v) is 12.8. The number of methoxy groups -OCH3 is 1.